The van der Waals surface area contributed by atoms with E-state index in [-0.39, 0.29) is 6.04 Å². The number of rotatable bonds is 3. The van der Waals surface area contributed by atoms with Crippen molar-refractivity contribution in [3.63, 3.8) is 0 Å². The van der Waals surface area contributed by atoms with E-state index >= 15 is 0 Å². The molecule has 108 valence electrons. The van der Waals surface area contributed by atoms with E-state index in [0.29, 0.717) is 21.4 Å². The van der Waals surface area contributed by atoms with Gasteiger partial charge in [-0.15, -0.1) is 0 Å². The second kappa shape index (κ2) is 5.70. The summed E-state index contributed by atoms with van der Waals surface area (Å²) in [5, 5.41) is 2.15. The maximum atomic E-state index is 6.32. The molecule has 21 heavy (non-hydrogen) atoms. The summed E-state index contributed by atoms with van der Waals surface area (Å²) in [6, 6.07) is 13.0. The highest BCUT2D eigenvalue weighted by Gasteiger charge is 2.20. The molecular formula is C16H14Cl2N2O. The van der Waals surface area contributed by atoms with Crippen LogP contribution in [0.4, 0.5) is 0 Å². The molecule has 0 fully saturated rings. The molecule has 3 aromatic rings. The van der Waals surface area contributed by atoms with Gasteiger partial charge in [-0.2, -0.15) is 0 Å². The van der Waals surface area contributed by atoms with Gasteiger partial charge < -0.3 is 4.42 Å². The van der Waals surface area contributed by atoms with Crippen LogP contribution < -0.4 is 11.3 Å². The van der Waals surface area contributed by atoms with Crippen LogP contribution in [0.15, 0.2) is 46.9 Å². The minimum absolute atomic E-state index is 0.332. The lowest BCUT2D eigenvalue weighted by molar-refractivity contribution is 0.477. The molecule has 3 rings (SSSR count). The van der Waals surface area contributed by atoms with Gasteiger partial charge >= 0.3 is 0 Å². The highest BCUT2D eigenvalue weighted by molar-refractivity contribution is 6.34. The lowest BCUT2D eigenvalue weighted by Gasteiger charge is -2.15. The van der Waals surface area contributed by atoms with Crippen LogP contribution in [-0.2, 0) is 0 Å². The van der Waals surface area contributed by atoms with E-state index in [1.807, 2.05) is 43.3 Å². The fraction of sp³-hybridized carbons (Fsp3) is 0.125. The fourth-order valence-electron chi connectivity index (χ4n) is 2.38. The first kappa shape index (κ1) is 14.4. The van der Waals surface area contributed by atoms with Crippen LogP contribution >= 0.6 is 23.2 Å². The van der Waals surface area contributed by atoms with Crippen LogP contribution in [0.3, 0.4) is 0 Å². The minimum atomic E-state index is -0.332. The van der Waals surface area contributed by atoms with E-state index in [4.69, 9.17) is 33.5 Å². The van der Waals surface area contributed by atoms with Crippen LogP contribution in [0.2, 0.25) is 10.0 Å². The Balaban J connectivity index is 2.11. The van der Waals surface area contributed by atoms with Crippen LogP contribution in [0.25, 0.3) is 11.0 Å². The Labute approximate surface area is 132 Å². The molecular weight excluding hydrogens is 307 g/mol. The average Bonchev–Trinajstić information content (AvgIpc) is 2.87. The number of hydrogen-bond donors (Lipinski definition) is 2. The monoisotopic (exact) mass is 320 g/mol. The van der Waals surface area contributed by atoms with E-state index in [9.17, 15) is 0 Å². The maximum Gasteiger partial charge on any atom is 0.152 e. The third kappa shape index (κ3) is 2.65. The number of nitrogens with one attached hydrogen (secondary N) is 1. The Morgan fingerprint density at radius 3 is 2.57 bits per heavy atom. The summed E-state index contributed by atoms with van der Waals surface area (Å²) in [4.78, 5) is 0. The Hall–Kier alpha value is -1.52. The third-order valence-electron chi connectivity index (χ3n) is 3.43. The molecule has 1 atom stereocenters. The van der Waals surface area contributed by atoms with Crippen molar-refractivity contribution in [2.45, 2.75) is 13.0 Å². The molecule has 0 radical (unpaired) electrons. The molecule has 3 nitrogen and oxygen atoms in total. The Morgan fingerprint density at radius 2 is 1.90 bits per heavy atom. The molecule has 0 saturated carbocycles. The highest BCUT2D eigenvalue weighted by Crippen LogP contribution is 2.34. The van der Waals surface area contributed by atoms with Gasteiger partial charge in [0.15, 0.2) is 5.58 Å². The van der Waals surface area contributed by atoms with E-state index in [1.54, 1.807) is 6.07 Å². The fourth-order valence-corrected chi connectivity index (χ4v) is 2.95. The quantitative estimate of drug-likeness (QED) is 0.547. The smallest absolute Gasteiger partial charge is 0.152 e. The first-order valence-corrected chi connectivity index (χ1v) is 7.26. The van der Waals surface area contributed by atoms with Crippen LogP contribution in [0, 0.1) is 6.92 Å². The number of benzene rings is 2. The van der Waals surface area contributed by atoms with Crippen molar-refractivity contribution in [3.8, 4) is 0 Å². The van der Waals surface area contributed by atoms with Gasteiger partial charge in [-0.3, -0.25) is 5.84 Å². The third-order valence-corrected chi connectivity index (χ3v) is 4.06. The molecule has 0 spiro atoms. The minimum Gasteiger partial charge on any atom is -0.457 e. The molecule has 1 aromatic heterocycles. The second-order valence-electron chi connectivity index (χ2n) is 4.93. The van der Waals surface area contributed by atoms with Crippen molar-refractivity contribution < 1.29 is 4.42 Å². The van der Waals surface area contributed by atoms with Gasteiger partial charge in [0.25, 0.3) is 0 Å². The molecule has 1 unspecified atom stereocenters. The van der Waals surface area contributed by atoms with Crippen molar-refractivity contribution in [1.82, 2.24) is 5.43 Å². The second-order valence-corrected chi connectivity index (χ2v) is 5.75. The van der Waals surface area contributed by atoms with E-state index in [1.165, 1.54) is 0 Å². The zero-order valence-corrected chi connectivity index (χ0v) is 12.9. The van der Waals surface area contributed by atoms with Gasteiger partial charge in [-0.25, -0.2) is 5.43 Å². The first-order chi connectivity index (χ1) is 10.1. The summed E-state index contributed by atoms with van der Waals surface area (Å²) < 4.78 is 5.86. The summed E-state index contributed by atoms with van der Waals surface area (Å²) in [6.07, 6.45) is 0. The highest BCUT2D eigenvalue weighted by atomic mass is 35.5. The first-order valence-electron chi connectivity index (χ1n) is 6.50. The number of nitrogens with two attached hydrogens (primary N) is 1. The van der Waals surface area contributed by atoms with E-state index < -0.39 is 0 Å². The summed E-state index contributed by atoms with van der Waals surface area (Å²) in [7, 11) is 0. The van der Waals surface area contributed by atoms with Crippen molar-refractivity contribution in [3.05, 3.63) is 69.4 Å². The van der Waals surface area contributed by atoms with Gasteiger partial charge in [-0.05, 0) is 36.2 Å². The lowest BCUT2D eigenvalue weighted by Crippen LogP contribution is -2.28. The van der Waals surface area contributed by atoms with Gasteiger partial charge in [0.1, 0.15) is 11.8 Å². The molecule has 0 aliphatic carbocycles. The molecule has 0 saturated heterocycles. The summed E-state index contributed by atoms with van der Waals surface area (Å²) >= 11 is 12.5. The molecule has 0 bridgehead atoms. The number of para-hydroxylation sites is 1. The lowest BCUT2D eigenvalue weighted by atomic mass is 10.0. The van der Waals surface area contributed by atoms with Crippen LogP contribution in [-0.4, -0.2) is 0 Å². The van der Waals surface area contributed by atoms with E-state index in [0.717, 1.165) is 16.5 Å². The summed E-state index contributed by atoms with van der Waals surface area (Å²) in [5.41, 5.74) is 5.36. The molecule has 5 heteroatoms. The molecule has 2 aromatic carbocycles. The van der Waals surface area contributed by atoms with Crippen molar-refractivity contribution >= 4 is 34.2 Å². The van der Waals surface area contributed by atoms with Gasteiger partial charge in [0.2, 0.25) is 0 Å². The number of furan rings is 1. The largest absolute Gasteiger partial charge is 0.457 e. The van der Waals surface area contributed by atoms with Gasteiger partial charge in [0, 0.05) is 10.4 Å². The molecule has 3 N–H and O–H groups in total. The Morgan fingerprint density at radius 1 is 1.10 bits per heavy atom. The number of halogens is 2. The van der Waals surface area contributed by atoms with Gasteiger partial charge in [-0.1, -0.05) is 47.5 Å². The predicted molar refractivity (Wildman–Crippen MR) is 86.6 cm³/mol. The standard InChI is InChI=1S/C16H14Cl2N2O/c1-9-5-6-11(13(18)7-9)15(20-19)14-8-10-3-2-4-12(17)16(10)21-14/h2-8,15,20H,19H2,1H3. The average molecular weight is 321 g/mol. The molecule has 0 aliphatic heterocycles. The number of hydrogen-bond acceptors (Lipinski definition) is 3. The Kier molecular flexibility index (Phi) is 3.91. The zero-order valence-electron chi connectivity index (χ0n) is 11.4. The van der Waals surface area contributed by atoms with Crippen LogP contribution in [0.5, 0.6) is 0 Å². The topological polar surface area (TPSA) is 51.2 Å². The predicted octanol–water partition coefficient (Wildman–Crippen LogP) is 4.60. The summed E-state index contributed by atoms with van der Waals surface area (Å²) in [6.45, 7) is 1.99. The number of aryl methyl sites for hydroxylation is 1. The van der Waals surface area contributed by atoms with Crippen LogP contribution in [0.1, 0.15) is 22.9 Å². The zero-order chi connectivity index (χ0) is 15.0. The Bertz CT molecular complexity index is 798. The SMILES string of the molecule is Cc1ccc(C(NN)c2cc3cccc(Cl)c3o2)c(Cl)c1. The summed E-state index contributed by atoms with van der Waals surface area (Å²) in [5.74, 6) is 6.37. The van der Waals surface area contributed by atoms with Gasteiger partial charge in [0.05, 0.1) is 5.02 Å². The molecule has 1 heterocycles. The van der Waals surface area contributed by atoms with E-state index in [2.05, 4.69) is 5.43 Å². The van der Waals surface area contributed by atoms with Crippen molar-refractivity contribution in [1.29, 1.82) is 0 Å². The number of fused-ring (bicyclic) bond motifs is 1. The normalized spacial score (nSPS) is 12.8. The van der Waals surface area contributed by atoms with Crippen molar-refractivity contribution in [2.75, 3.05) is 0 Å². The number of hydrazine groups is 1. The molecule has 0 aliphatic rings. The maximum absolute atomic E-state index is 6.32. The molecule has 0 amide bonds. The van der Waals surface area contributed by atoms with Crippen molar-refractivity contribution in [2.24, 2.45) is 5.84 Å².